The van der Waals surface area contributed by atoms with E-state index in [-0.39, 0.29) is 5.69 Å². The number of hydrogen-bond acceptors (Lipinski definition) is 5. The van der Waals surface area contributed by atoms with E-state index in [9.17, 15) is 17.4 Å². The quantitative estimate of drug-likeness (QED) is 0.517. The van der Waals surface area contributed by atoms with E-state index in [1.54, 1.807) is 18.3 Å². The lowest BCUT2D eigenvalue weighted by molar-refractivity contribution is -0.155. The van der Waals surface area contributed by atoms with Crippen LogP contribution in [0, 0.1) is 0 Å². The predicted octanol–water partition coefficient (Wildman–Crippen LogP) is 4.11. The van der Waals surface area contributed by atoms with Crippen molar-refractivity contribution in [3.05, 3.63) is 54.0 Å². The SMILES string of the molecule is O=S(NCc1cc2cccnc2[nH]1)c1ccc(-c2cc(C(F)(F)F)on2)s1. The lowest BCUT2D eigenvalue weighted by atomic mass is 10.3. The highest BCUT2D eigenvalue weighted by atomic mass is 32.2. The van der Waals surface area contributed by atoms with Crippen molar-refractivity contribution < 1.29 is 21.9 Å². The van der Waals surface area contributed by atoms with Crippen LogP contribution in [0.3, 0.4) is 0 Å². The molecule has 0 fully saturated rings. The van der Waals surface area contributed by atoms with Gasteiger partial charge in [-0.2, -0.15) is 13.2 Å². The number of H-pyrrole nitrogens is 1. The Hall–Kier alpha value is -2.50. The van der Waals surface area contributed by atoms with Crippen molar-refractivity contribution in [2.45, 2.75) is 16.9 Å². The number of rotatable bonds is 5. The zero-order valence-electron chi connectivity index (χ0n) is 13.4. The summed E-state index contributed by atoms with van der Waals surface area (Å²) in [5, 5.41) is 4.38. The first-order valence-electron chi connectivity index (χ1n) is 7.62. The van der Waals surface area contributed by atoms with Gasteiger partial charge in [0.2, 0.25) is 5.76 Å². The third-order valence-electron chi connectivity index (χ3n) is 3.65. The second-order valence-corrected chi connectivity index (χ2v) is 8.13. The number of pyridine rings is 1. The Balaban J connectivity index is 1.44. The van der Waals surface area contributed by atoms with Crippen LogP contribution in [0.25, 0.3) is 21.6 Å². The molecule has 0 aliphatic rings. The normalized spacial score (nSPS) is 13.3. The van der Waals surface area contributed by atoms with E-state index in [0.717, 1.165) is 34.1 Å². The molecular formula is C16H11F3N4O2S2. The molecule has 0 saturated carbocycles. The molecule has 0 amide bonds. The second-order valence-electron chi connectivity index (χ2n) is 5.52. The highest BCUT2D eigenvalue weighted by Gasteiger charge is 2.36. The summed E-state index contributed by atoms with van der Waals surface area (Å²) < 4.78 is 57.8. The predicted molar refractivity (Wildman–Crippen MR) is 94.2 cm³/mol. The number of halogens is 3. The van der Waals surface area contributed by atoms with Crippen LogP contribution in [0.2, 0.25) is 0 Å². The van der Waals surface area contributed by atoms with Gasteiger partial charge >= 0.3 is 6.18 Å². The number of alkyl halides is 3. The number of hydrogen-bond donors (Lipinski definition) is 2. The lowest BCUT2D eigenvalue weighted by Gasteiger charge is -2.00. The Morgan fingerprint density at radius 3 is 2.85 bits per heavy atom. The number of aromatic amines is 1. The maximum absolute atomic E-state index is 12.6. The van der Waals surface area contributed by atoms with E-state index in [1.165, 1.54) is 0 Å². The van der Waals surface area contributed by atoms with Crippen molar-refractivity contribution in [2.24, 2.45) is 0 Å². The number of aromatic nitrogens is 3. The van der Waals surface area contributed by atoms with Gasteiger partial charge in [0.15, 0.2) is 0 Å². The Morgan fingerprint density at radius 2 is 2.11 bits per heavy atom. The van der Waals surface area contributed by atoms with Gasteiger partial charge in [-0.25, -0.2) is 13.9 Å². The summed E-state index contributed by atoms with van der Waals surface area (Å²) >= 11 is 1.08. The molecule has 27 heavy (non-hydrogen) atoms. The van der Waals surface area contributed by atoms with Crippen molar-refractivity contribution in [3.63, 3.8) is 0 Å². The number of fused-ring (bicyclic) bond motifs is 1. The van der Waals surface area contributed by atoms with E-state index in [2.05, 4.69) is 24.4 Å². The molecule has 1 unspecified atom stereocenters. The highest BCUT2D eigenvalue weighted by Crippen LogP contribution is 2.34. The molecule has 4 heterocycles. The molecule has 4 aromatic rings. The van der Waals surface area contributed by atoms with Crippen molar-refractivity contribution in [1.82, 2.24) is 19.8 Å². The minimum absolute atomic E-state index is 0.0530. The minimum Gasteiger partial charge on any atom is -0.351 e. The molecule has 1 atom stereocenters. The van der Waals surface area contributed by atoms with Gasteiger partial charge in [-0.1, -0.05) is 5.16 Å². The van der Waals surface area contributed by atoms with Gasteiger partial charge < -0.3 is 9.51 Å². The molecule has 140 valence electrons. The van der Waals surface area contributed by atoms with Crippen molar-refractivity contribution >= 4 is 33.4 Å². The summed E-state index contributed by atoms with van der Waals surface area (Å²) in [4.78, 5) is 7.75. The first kappa shape index (κ1) is 17.9. The largest absolute Gasteiger partial charge is 0.452 e. The van der Waals surface area contributed by atoms with E-state index in [4.69, 9.17) is 0 Å². The fourth-order valence-electron chi connectivity index (χ4n) is 2.41. The standard InChI is InChI=1S/C16H11F3N4O2S2/c17-16(18,19)13-7-11(23-25-13)12-3-4-14(26-12)27(24)21-8-10-6-9-2-1-5-20-15(9)22-10/h1-7,21H,8H2,(H,20,22). The van der Waals surface area contributed by atoms with Crippen molar-refractivity contribution in [3.8, 4) is 10.6 Å². The maximum atomic E-state index is 12.6. The second kappa shape index (κ2) is 6.91. The van der Waals surface area contributed by atoms with Crippen LogP contribution in [-0.4, -0.2) is 19.3 Å². The van der Waals surface area contributed by atoms with Crippen LogP contribution < -0.4 is 4.72 Å². The van der Waals surface area contributed by atoms with Gasteiger partial charge in [0.1, 0.15) is 26.5 Å². The molecule has 0 radical (unpaired) electrons. The molecule has 0 saturated heterocycles. The van der Waals surface area contributed by atoms with Crippen molar-refractivity contribution in [1.29, 1.82) is 0 Å². The molecule has 11 heteroatoms. The number of nitrogens with zero attached hydrogens (tertiary/aromatic N) is 2. The third kappa shape index (κ3) is 3.80. The summed E-state index contributed by atoms with van der Waals surface area (Å²) in [6.45, 7) is 0.318. The maximum Gasteiger partial charge on any atom is 0.452 e. The Bertz CT molecular complexity index is 1080. The number of nitrogens with one attached hydrogen (secondary N) is 2. The van der Waals surface area contributed by atoms with Crippen LogP contribution >= 0.6 is 11.3 Å². The first-order chi connectivity index (χ1) is 12.9. The molecule has 4 aromatic heterocycles. The zero-order valence-corrected chi connectivity index (χ0v) is 15.0. The Labute approximate surface area is 157 Å². The summed E-state index contributed by atoms with van der Waals surface area (Å²) in [5.41, 5.74) is 1.61. The Kier molecular flexibility index (Phi) is 4.58. The fourth-order valence-corrected chi connectivity index (χ4v) is 4.47. The van der Waals surface area contributed by atoms with Crippen LogP contribution in [-0.2, 0) is 23.7 Å². The molecule has 0 bridgehead atoms. The van der Waals surface area contributed by atoms with E-state index < -0.39 is 22.9 Å². The van der Waals surface area contributed by atoms with Crippen LogP contribution in [0.4, 0.5) is 13.2 Å². The summed E-state index contributed by atoms with van der Waals surface area (Å²) in [6.07, 6.45) is -2.92. The van der Waals surface area contributed by atoms with Gasteiger partial charge in [-0.3, -0.25) is 0 Å². The average molecular weight is 412 g/mol. The van der Waals surface area contributed by atoms with Crippen molar-refractivity contribution in [2.75, 3.05) is 0 Å². The molecule has 2 N–H and O–H groups in total. The van der Waals surface area contributed by atoms with Crippen LogP contribution in [0.1, 0.15) is 11.5 Å². The number of thiophene rings is 1. The van der Waals surface area contributed by atoms with E-state index in [1.807, 2.05) is 18.2 Å². The monoisotopic (exact) mass is 412 g/mol. The molecule has 0 aliphatic heterocycles. The molecule has 0 aliphatic carbocycles. The van der Waals surface area contributed by atoms with Crippen LogP contribution in [0.5, 0.6) is 0 Å². The molecule has 0 spiro atoms. The Morgan fingerprint density at radius 1 is 1.26 bits per heavy atom. The topological polar surface area (TPSA) is 83.8 Å². The molecule has 6 nitrogen and oxygen atoms in total. The minimum atomic E-state index is -4.59. The van der Waals surface area contributed by atoms with E-state index in [0.29, 0.717) is 15.6 Å². The van der Waals surface area contributed by atoms with Gasteiger partial charge in [0.25, 0.3) is 0 Å². The molecular weight excluding hydrogens is 401 g/mol. The summed E-state index contributed by atoms with van der Waals surface area (Å²) in [5.74, 6) is -1.17. The zero-order chi connectivity index (χ0) is 19.0. The smallest absolute Gasteiger partial charge is 0.351 e. The summed E-state index contributed by atoms with van der Waals surface area (Å²) in [6, 6.07) is 9.61. The lowest BCUT2D eigenvalue weighted by Crippen LogP contribution is -2.16. The average Bonchev–Trinajstić information content (AvgIpc) is 3.36. The first-order valence-corrected chi connectivity index (χ1v) is 9.59. The molecule has 4 rings (SSSR count). The van der Waals surface area contributed by atoms with Crippen LogP contribution in [0.15, 0.2) is 51.3 Å². The molecule has 0 aromatic carbocycles. The van der Waals surface area contributed by atoms with Gasteiger partial charge in [-0.15, -0.1) is 11.3 Å². The van der Waals surface area contributed by atoms with Gasteiger partial charge in [-0.05, 0) is 30.3 Å². The highest BCUT2D eigenvalue weighted by molar-refractivity contribution is 7.85. The fraction of sp³-hybridized carbons (Fsp3) is 0.125. The van der Waals surface area contributed by atoms with E-state index >= 15 is 0 Å². The third-order valence-corrected chi connectivity index (χ3v) is 6.16. The summed E-state index contributed by atoms with van der Waals surface area (Å²) in [7, 11) is -1.52. The van der Waals surface area contributed by atoms with Gasteiger partial charge in [0, 0.05) is 29.9 Å². The van der Waals surface area contributed by atoms with Gasteiger partial charge in [0.05, 0.1) is 4.88 Å².